The van der Waals surface area contributed by atoms with Gasteiger partial charge in [-0.2, -0.15) is 0 Å². The molecule has 10 unspecified atom stereocenters. The van der Waals surface area contributed by atoms with Crippen molar-refractivity contribution in [3.8, 4) is 0 Å². The van der Waals surface area contributed by atoms with Crippen LogP contribution in [0.4, 0.5) is 0 Å². The predicted octanol–water partition coefficient (Wildman–Crippen LogP) is 2.72. The van der Waals surface area contributed by atoms with E-state index in [-0.39, 0.29) is 12.4 Å². The topological polar surface area (TPSA) is 46.5 Å². The zero-order chi connectivity index (χ0) is 14.9. The number of carbonyl (C=O) groups is 1. The van der Waals surface area contributed by atoms with E-state index in [2.05, 4.69) is 13.8 Å². The zero-order valence-electron chi connectivity index (χ0n) is 13.4. The van der Waals surface area contributed by atoms with Gasteiger partial charge in [-0.3, -0.25) is 4.79 Å². The SMILES string of the molecule is COC(=O)CC(O)C1CC2CC1C1C3CC(C(C)C3C)C21. The van der Waals surface area contributed by atoms with Gasteiger partial charge in [-0.25, -0.2) is 0 Å². The third-order valence-electron chi connectivity index (χ3n) is 7.99. The molecule has 3 heteroatoms. The van der Waals surface area contributed by atoms with Crippen LogP contribution in [0.5, 0.6) is 0 Å². The Morgan fingerprint density at radius 3 is 2.43 bits per heavy atom. The maximum absolute atomic E-state index is 11.5. The van der Waals surface area contributed by atoms with E-state index in [1.54, 1.807) is 0 Å². The molecule has 4 aliphatic carbocycles. The highest BCUT2D eigenvalue weighted by atomic mass is 16.5. The van der Waals surface area contributed by atoms with Gasteiger partial charge in [-0.1, -0.05) is 13.8 Å². The highest BCUT2D eigenvalue weighted by molar-refractivity contribution is 5.69. The van der Waals surface area contributed by atoms with Gasteiger partial charge in [0.05, 0.1) is 19.6 Å². The van der Waals surface area contributed by atoms with Gasteiger partial charge in [0.1, 0.15) is 0 Å². The van der Waals surface area contributed by atoms with Crippen molar-refractivity contribution < 1.29 is 14.6 Å². The second kappa shape index (κ2) is 4.71. The monoisotopic (exact) mass is 292 g/mol. The molecule has 0 aliphatic heterocycles. The molecule has 0 radical (unpaired) electrons. The average Bonchev–Trinajstić information content (AvgIpc) is 3.18. The molecule has 21 heavy (non-hydrogen) atoms. The maximum Gasteiger partial charge on any atom is 0.308 e. The summed E-state index contributed by atoms with van der Waals surface area (Å²) in [5.41, 5.74) is 0. The molecule has 0 saturated heterocycles. The van der Waals surface area contributed by atoms with E-state index >= 15 is 0 Å². The number of esters is 1. The number of carbonyl (C=O) groups excluding carboxylic acids is 1. The zero-order valence-corrected chi connectivity index (χ0v) is 13.4. The molecule has 0 aromatic carbocycles. The van der Waals surface area contributed by atoms with Gasteiger partial charge in [0.15, 0.2) is 0 Å². The van der Waals surface area contributed by atoms with Crippen LogP contribution in [0.3, 0.4) is 0 Å². The summed E-state index contributed by atoms with van der Waals surface area (Å²) in [5.74, 6) is 6.94. The Morgan fingerprint density at radius 2 is 1.76 bits per heavy atom. The molecule has 3 nitrogen and oxygen atoms in total. The van der Waals surface area contributed by atoms with Gasteiger partial charge in [0, 0.05) is 0 Å². The van der Waals surface area contributed by atoms with Crippen LogP contribution in [0.1, 0.15) is 39.5 Å². The molecule has 4 saturated carbocycles. The minimum absolute atomic E-state index is 0.182. The minimum Gasteiger partial charge on any atom is -0.469 e. The van der Waals surface area contributed by atoms with Crippen molar-refractivity contribution in [1.29, 1.82) is 0 Å². The molecule has 4 aliphatic rings. The Kier molecular flexibility index (Phi) is 3.15. The van der Waals surface area contributed by atoms with Gasteiger partial charge in [0.2, 0.25) is 0 Å². The number of aliphatic hydroxyl groups is 1. The second-order valence-electron chi connectivity index (χ2n) is 8.34. The molecule has 118 valence electrons. The van der Waals surface area contributed by atoms with Gasteiger partial charge >= 0.3 is 5.97 Å². The standard InChI is InChI=1S/C18H28O3/c1-8-9(2)12-6-11(8)17-10-4-13(14(5-10)18(12)17)15(19)7-16(20)21-3/h8-15,17-19H,4-7H2,1-3H3. The first-order valence-corrected chi connectivity index (χ1v) is 8.77. The van der Waals surface area contributed by atoms with Crippen LogP contribution in [0.2, 0.25) is 0 Å². The summed E-state index contributed by atoms with van der Waals surface area (Å²) in [5, 5.41) is 10.5. The Labute approximate surface area is 127 Å². The highest BCUT2D eigenvalue weighted by Gasteiger charge is 2.66. The summed E-state index contributed by atoms with van der Waals surface area (Å²) in [6.07, 6.45) is 3.59. The quantitative estimate of drug-likeness (QED) is 0.642. The van der Waals surface area contributed by atoms with Crippen molar-refractivity contribution >= 4 is 5.97 Å². The van der Waals surface area contributed by atoms with Crippen molar-refractivity contribution in [2.75, 3.05) is 7.11 Å². The number of ether oxygens (including phenoxy) is 1. The van der Waals surface area contributed by atoms with Gasteiger partial charge in [-0.15, -0.1) is 0 Å². The van der Waals surface area contributed by atoms with E-state index in [0.717, 1.165) is 47.8 Å². The highest BCUT2D eigenvalue weighted by Crippen LogP contribution is 2.71. The van der Waals surface area contributed by atoms with E-state index in [1.807, 2.05) is 0 Å². The molecule has 4 bridgehead atoms. The average molecular weight is 292 g/mol. The third-order valence-corrected chi connectivity index (χ3v) is 7.99. The van der Waals surface area contributed by atoms with Crippen LogP contribution in [-0.2, 0) is 9.53 Å². The number of rotatable bonds is 3. The summed E-state index contributed by atoms with van der Waals surface area (Å²) in [6, 6.07) is 0. The van der Waals surface area contributed by atoms with E-state index in [0.29, 0.717) is 11.8 Å². The smallest absolute Gasteiger partial charge is 0.308 e. The van der Waals surface area contributed by atoms with Crippen molar-refractivity contribution in [2.45, 2.75) is 45.6 Å². The molecule has 0 spiro atoms. The fourth-order valence-corrected chi connectivity index (χ4v) is 7.13. The largest absolute Gasteiger partial charge is 0.469 e. The van der Waals surface area contributed by atoms with Crippen molar-refractivity contribution in [3.05, 3.63) is 0 Å². The number of hydrogen-bond acceptors (Lipinski definition) is 3. The van der Waals surface area contributed by atoms with Gasteiger partial charge < -0.3 is 9.84 Å². The van der Waals surface area contributed by atoms with Crippen molar-refractivity contribution in [2.24, 2.45) is 53.3 Å². The minimum atomic E-state index is -0.486. The third kappa shape index (κ3) is 1.79. The maximum atomic E-state index is 11.5. The molecule has 4 rings (SSSR count). The molecular weight excluding hydrogens is 264 g/mol. The fraction of sp³-hybridized carbons (Fsp3) is 0.944. The molecule has 4 fully saturated rings. The van der Waals surface area contributed by atoms with E-state index < -0.39 is 6.10 Å². The normalized spacial score (nSPS) is 54.8. The van der Waals surface area contributed by atoms with Gasteiger partial charge in [0.25, 0.3) is 0 Å². The van der Waals surface area contributed by atoms with Crippen LogP contribution in [0.15, 0.2) is 0 Å². The molecule has 1 N–H and O–H groups in total. The summed E-state index contributed by atoms with van der Waals surface area (Å²) < 4.78 is 4.73. The molecule has 0 aromatic heterocycles. The van der Waals surface area contributed by atoms with Crippen molar-refractivity contribution in [1.82, 2.24) is 0 Å². The Morgan fingerprint density at radius 1 is 1.10 bits per heavy atom. The van der Waals surface area contributed by atoms with Crippen LogP contribution >= 0.6 is 0 Å². The fourth-order valence-electron chi connectivity index (χ4n) is 7.13. The first-order valence-electron chi connectivity index (χ1n) is 8.77. The Bertz CT molecular complexity index is 448. The Hall–Kier alpha value is -0.570. The van der Waals surface area contributed by atoms with E-state index in [4.69, 9.17) is 4.74 Å². The van der Waals surface area contributed by atoms with Gasteiger partial charge in [-0.05, 0) is 72.5 Å². The molecule has 10 atom stereocenters. The number of hydrogen-bond donors (Lipinski definition) is 1. The molecule has 0 heterocycles. The lowest BCUT2D eigenvalue weighted by Crippen LogP contribution is -2.42. The summed E-state index contributed by atoms with van der Waals surface area (Å²) in [4.78, 5) is 11.5. The predicted molar refractivity (Wildman–Crippen MR) is 79.2 cm³/mol. The van der Waals surface area contributed by atoms with Crippen LogP contribution in [0, 0.1) is 53.3 Å². The lowest BCUT2D eigenvalue weighted by molar-refractivity contribution is -0.144. The first kappa shape index (κ1) is 14.0. The molecule has 0 amide bonds. The van der Waals surface area contributed by atoms with E-state index in [9.17, 15) is 9.90 Å². The summed E-state index contributed by atoms with van der Waals surface area (Å²) in [7, 11) is 1.41. The van der Waals surface area contributed by atoms with Crippen LogP contribution < -0.4 is 0 Å². The van der Waals surface area contributed by atoms with E-state index in [1.165, 1.54) is 20.0 Å². The number of fused-ring (bicyclic) bond motifs is 9. The molecule has 0 aromatic rings. The first-order chi connectivity index (χ1) is 10.0. The van der Waals surface area contributed by atoms with Crippen molar-refractivity contribution in [3.63, 3.8) is 0 Å². The number of aliphatic hydroxyl groups excluding tert-OH is 1. The Balaban J connectivity index is 1.51. The summed E-state index contributed by atoms with van der Waals surface area (Å²) >= 11 is 0. The number of methoxy groups -OCH3 is 1. The second-order valence-corrected chi connectivity index (χ2v) is 8.34. The lowest BCUT2D eigenvalue weighted by atomic mass is 9.61. The summed E-state index contributed by atoms with van der Waals surface area (Å²) in [6.45, 7) is 4.90. The van der Waals surface area contributed by atoms with Crippen LogP contribution in [-0.4, -0.2) is 24.3 Å². The molecular formula is C18H28O3. The lowest BCUT2D eigenvalue weighted by Gasteiger charge is -2.44. The van der Waals surface area contributed by atoms with Crippen LogP contribution in [0.25, 0.3) is 0 Å².